The first-order valence-electron chi connectivity index (χ1n) is 6.58. The lowest BCUT2D eigenvalue weighted by Gasteiger charge is -2.25. The van der Waals surface area contributed by atoms with E-state index in [0.29, 0.717) is 26.1 Å². The van der Waals surface area contributed by atoms with Gasteiger partial charge in [-0.2, -0.15) is 0 Å². The molecule has 0 bridgehead atoms. The molecule has 0 saturated carbocycles. The number of hydrogen-bond donors (Lipinski definition) is 1. The van der Waals surface area contributed by atoms with Gasteiger partial charge in [-0.05, 0) is 25.5 Å². The lowest BCUT2D eigenvalue weighted by molar-refractivity contribution is -0.131. The molecule has 0 aromatic heterocycles. The maximum Gasteiger partial charge on any atom is 0.240 e. The summed E-state index contributed by atoms with van der Waals surface area (Å²) in [5, 5.41) is -1.02. The van der Waals surface area contributed by atoms with Crippen LogP contribution in [-0.4, -0.2) is 43.8 Å². The fraction of sp³-hybridized carbons (Fsp3) is 0.500. The van der Waals surface area contributed by atoms with Crippen molar-refractivity contribution < 1.29 is 13.2 Å². The summed E-state index contributed by atoms with van der Waals surface area (Å²) in [6.45, 7) is 2.76. The number of sulfone groups is 1. The van der Waals surface area contributed by atoms with Gasteiger partial charge in [0.1, 0.15) is 5.25 Å². The number of hydrogen-bond acceptors (Lipinski definition) is 4. The Balaban J connectivity index is 2.86. The molecular weight excluding hydrogens is 276 g/mol. The Morgan fingerprint density at radius 1 is 1.30 bits per heavy atom. The molecule has 0 aliphatic heterocycles. The Kier molecular flexibility index (Phi) is 6.16. The summed E-state index contributed by atoms with van der Waals surface area (Å²) in [5.41, 5.74) is 6.45. The molecule has 0 heterocycles. The molecule has 1 unspecified atom stereocenters. The number of rotatable bonds is 7. The summed E-state index contributed by atoms with van der Waals surface area (Å²) in [7, 11) is -3.39. The average molecular weight is 298 g/mol. The topological polar surface area (TPSA) is 80.5 Å². The van der Waals surface area contributed by atoms with Crippen molar-refractivity contribution in [3.63, 3.8) is 0 Å². The molecule has 0 aliphatic carbocycles. The van der Waals surface area contributed by atoms with Gasteiger partial charge in [-0.1, -0.05) is 30.3 Å². The Bertz CT molecular complexity index is 529. The first-order chi connectivity index (χ1) is 9.36. The van der Waals surface area contributed by atoms with Crippen LogP contribution < -0.4 is 5.73 Å². The van der Waals surface area contributed by atoms with E-state index in [-0.39, 0.29) is 5.91 Å². The standard InChI is InChI=1S/C14H22N2O3S/c1-12(20(2,18)19)14(17)16(10-6-9-15)11-13-7-4-3-5-8-13/h3-5,7-8,12H,6,9-11,15H2,1-2H3. The van der Waals surface area contributed by atoms with Crippen LogP contribution in [0.4, 0.5) is 0 Å². The number of nitrogens with two attached hydrogens (primary N) is 1. The highest BCUT2D eigenvalue weighted by Gasteiger charge is 2.28. The predicted octanol–water partition coefficient (Wildman–Crippen LogP) is 0.797. The van der Waals surface area contributed by atoms with Crippen LogP contribution in [0.3, 0.4) is 0 Å². The highest BCUT2D eigenvalue weighted by atomic mass is 32.2. The number of nitrogens with zero attached hydrogens (tertiary/aromatic N) is 1. The molecule has 0 aliphatic rings. The second-order valence-corrected chi connectivity index (χ2v) is 7.23. The van der Waals surface area contributed by atoms with Crippen LogP contribution in [0.2, 0.25) is 0 Å². The van der Waals surface area contributed by atoms with Crippen LogP contribution in [0.5, 0.6) is 0 Å². The summed E-state index contributed by atoms with van der Waals surface area (Å²) >= 11 is 0. The third-order valence-electron chi connectivity index (χ3n) is 3.15. The second-order valence-electron chi connectivity index (χ2n) is 4.86. The van der Waals surface area contributed by atoms with Crippen molar-refractivity contribution in [2.45, 2.75) is 25.1 Å². The van der Waals surface area contributed by atoms with Crippen molar-refractivity contribution in [3.05, 3.63) is 35.9 Å². The van der Waals surface area contributed by atoms with Gasteiger partial charge >= 0.3 is 0 Å². The largest absolute Gasteiger partial charge is 0.337 e. The van der Waals surface area contributed by atoms with Crippen LogP contribution in [0.25, 0.3) is 0 Å². The van der Waals surface area contributed by atoms with Gasteiger partial charge in [-0.25, -0.2) is 8.42 Å². The Labute approximate surface area is 120 Å². The molecular formula is C14H22N2O3S. The monoisotopic (exact) mass is 298 g/mol. The molecule has 1 aromatic rings. The van der Waals surface area contributed by atoms with Crippen molar-refractivity contribution >= 4 is 15.7 Å². The molecule has 1 atom stereocenters. The molecule has 1 aromatic carbocycles. The zero-order valence-electron chi connectivity index (χ0n) is 12.0. The molecule has 5 nitrogen and oxygen atoms in total. The van der Waals surface area contributed by atoms with Crippen LogP contribution >= 0.6 is 0 Å². The second kappa shape index (κ2) is 7.40. The minimum atomic E-state index is -3.39. The number of benzene rings is 1. The summed E-state index contributed by atoms with van der Waals surface area (Å²) in [6, 6.07) is 9.50. The Morgan fingerprint density at radius 3 is 2.40 bits per heavy atom. The first-order valence-corrected chi connectivity index (χ1v) is 8.53. The van der Waals surface area contributed by atoms with Crippen LogP contribution in [0.1, 0.15) is 18.9 Å². The molecule has 1 rings (SSSR count). The van der Waals surface area contributed by atoms with Crippen molar-refractivity contribution in [2.24, 2.45) is 5.73 Å². The summed E-state index contributed by atoms with van der Waals surface area (Å²) in [6.07, 6.45) is 1.73. The number of carbonyl (C=O) groups is 1. The van der Waals surface area contributed by atoms with E-state index in [1.54, 1.807) is 4.90 Å². The highest BCUT2D eigenvalue weighted by Crippen LogP contribution is 2.10. The molecule has 112 valence electrons. The quantitative estimate of drug-likeness (QED) is 0.807. The van der Waals surface area contributed by atoms with Crippen molar-refractivity contribution in [2.75, 3.05) is 19.3 Å². The molecule has 0 radical (unpaired) electrons. The van der Waals surface area contributed by atoms with E-state index in [9.17, 15) is 13.2 Å². The maximum atomic E-state index is 12.3. The fourth-order valence-corrected chi connectivity index (χ4v) is 2.31. The van der Waals surface area contributed by atoms with E-state index < -0.39 is 15.1 Å². The SMILES string of the molecule is CC(C(=O)N(CCCN)Cc1ccccc1)S(C)(=O)=O. The van der Waals surface area contributed by atoms with Gasteiger partial charge in [-0.3, -0.25) is 4.79 Å². The summed E-state index contributed by atoms with van der Waals surface area (Å²) in [5.74, 6) is -0.371. The van der Waals surface area contributed by atoms with Gasteiger partial charge < -0.3 is 10.6 Å². The van der Waals surface area contributed by atoms with E-state index in [1.807, 2.05) is 30.3 Å². The van der Waals surface area contributed by atoms with E-state index in [2.05, 4.69) is 0 Å². The highest BCUT2D eigenvalue weighted by molar-refractivity contribution is 7.92. The smallest absolute Gasteiger partial charge is 0.240 e. The minimum absolute atomic E-state index is 0.371. The third-order valence-corrected chi connectivity index (χ3v) is 4.64. The average Bonchev–Trinajstić information content (AvgIpc) is 2.42. The van der Waals surface area contributed by atoms with Crippen molar-refractivity contribution in [1.82, 2.24) is 4.90 Å². The Hall–Kier alpha value is -1.40. The number of amides is 1. The molecule has 1 amide bonds. The van der Waals surface area contributed by atoms with E-state index in [0.717, 1.165) is 11.8 Å². The van der Waals surface area contributed by atoms with Crippen molar-refractivity contribution in [1.29, 1.82) is 0 Å². The van der Waals surface area contributed by atoms with Crippen molar-refractivity contribution in [3.8, 4) is 0 Å². The van der Waals surface area contributed by atoms with E-state index >= 15 is 0 Å². The van der Waals surface area contributed by atoms with Crippen LogP contribution in [0.15, 0.2) is 30.3 Å². The van der Waals surface area contributed by atoms with Gasteiger partial charge in [0.25, 0.3) is 0 Å². The predicted molar refractivity (Wildman–Crippen MR) is 79.8 cm³/mol. The van der Waals surface area contributed by atoms with Gasteiger partial charge in [0.05, 0.1) is 0 Å². The van der Waals surface area contributed by atoms with Gasteiger partial charge in [0, 0.05) is 19.3 Å². The molecule has 2 N–H and O–H groups in total. The van der Waals surface area contributed by atoms with E-state index in [1.165, 1.54) is 6.92 Å². The fourth-order valence-electron chi connectivity index (χ4n) is 1.79. The van der Waals surface area contributed by atoms with Gasteiger partial charge in [0.15, 0.2) is 9.84 Å². The third kappa shape index (κ3) is 4.94. The Morgan fingerprint density at radius 2 is 1.90 bits per heavy atom. The lowest BCUT2D eigenvalue weighted by Crippen LogP contribution is -2.41. The molecule has 0 fully saturated rings. The van der Waals surface area contributed by atoms with Crippen LogP contribution in [-0.2, 0) is 21.2 Å². The normalized spacial score (nSPS) is 12.9. The molecule has 0 spiro atoms. The van der Waals surface area contributed by atoms with Gasteiger partial charge in [-0.15, -0.1) is 0 Å². The zero-order chi connectivity index (χ0) is 15.2. The minimum Gasteiger partial charge on any atom is -0.337 e. The van der Waals surface area contributed by atoms with E-state index in [4.69, 9.17) is 5.73 Å². The lowest BCUT2D eigenvalue weighted by atomic mass is 10.2. The summed E-state index contributed by atoms with van der Waals surface area (Å²) in [4.78, 5) is 13.9. The molecule has 0 saturated heterocycles. The summed E-state index contributed by atoms with van der Waals surface area (Å²) < 4.78 is 23.1. The molecule has 20 heavy (non-hydrogen) atoms. The van der Waals surface area contributed by atoms with Crippen LogP contribution in [0, 0.1) is 0 Å². The zero-order valence-corrected chi connectivity index (χ0v) is 12.8. The number of carbonyl (C=O) groups excluding carboxylic acids is 1. The molecule has 6 heteroatoms. The maximum absolute atomic E-state index is 12.3. The first kappa shape index (κ1) is 16.7. The van der Waals surface area contributed by atoms with Gasteiger partial charge in [0.2, 0.25) is 5.91 Å².